The molecule has 4 saturated carbocycles. The molecule has 5 heteroatoms. The molecule has 0 amide bonds. The van der Waals surface area contributed by atoms with Crippen molar-refractivity contribution in [3.63, 3.8) is 0 Å². The van der Waals surface area contributed by atoms with Gasteiger partial charge in [0.15, 0.2) is 0 Å². The summed E-state index contributed by atoms with van der Waals surface area (Å²) in [6.07, 6.45) is 6.69. The summed E-state index contributed by atoms with van der Waals surface area (Å²) < 4.78 is 0. The highest BCUT2D eigenvalue weighted by Gasteiger charge is 2.46. The highest BCUT2D eigenvalue weighted by molar-refractivity contribution is 5.91. The first-order valence-electron chi connectivity index (χ1n) is 7.77. The largest absolute Gasteiger partial charge is 0.279 e. The number of anilines is 1. The number of hydrazone groups is 1. The van der Waals surface area contributed by atoms with Gasteiger partial charge in [-0.2, -0.15) is 5.10 Å². The summed E-state index contributed by atoms with van der Waals surface area (Å²) in [5, 5.41) is 15.3. The van der Waals surface area contributed by atoms with Crippen LogP contribution in [-0.2, 0) is 0 Å². The van der Waals surface area contributed by atoms with Crippen molar-refractivity contribution >= 4 is 17.1 Å². The maximum Gasteiger partial charge on any atom is 0.269 e. The zero-order valence-corrected chi connectivity index (χ0v) is 11.9. The molecule has 5 nitrogen and oxygen atoms in total. The van der Waals surface area contributed by atoms with Gasteiger partial charge in [0.05, 0.1) is 10.6 Å². The van der Waals surface area contributed by atoms with E-state index in [-0.39, 0.29) is 10.6 Å². The standard InChI is InChI=1S/C16H19N3O2/c20-19(21)15-3-1-14(2-4-15)17-18-16-12-6-10-5-11(8-12)9-13(16)7-10/h1-4,10-13,17H,5-9H2. The molecule has 0 spiro atoms. The number of hydrogen-bond donors (Lipinski definition) is 1. The summed E-state index contributed by atoms with van der Waals surface area (Å²) in [5.74, 6) is 3.22. The third kappa shape index (κ3) is 2.30. The fraction of sp³-hybridized carbons (Fsp3) is 0.562. The molecule has 1 aromatic carbocycles. The summed E-state index contributed by atoms with van der Waals surface area (Å²) in [5.41, 5.74) is 5.39. The molecule has 4 aliphatic rings. The maximum absolute atomic E-state index is 10.6. The van der Waals surface area contributed by atoms with Gasteiger partial charge in [0.1, 0.15) is 0 Å². The van der Waals surface area contributed by atoms with E-state index in [2.05, 4.69) is 10.5 Å². The van der Waals surface area contributed by atoms with E-state index in [0.717, 1.165) is 17.5 Å². The Kier molecular flexibility index (Phi) is 2.94. The van der Waals surface area contributed by atoms with Gasteiger partial charge in [-0.1, -0.05) is 0 Å². The van der Waals surface area contributed by atoms with Crippen LogP contribution < -0.4 is 5.43 Å². The van der Waals surface area contributed by atoms with Gasteiger partial charge in [0.25, 0.3) is 5.69 Å². The van der Waals surface area contributed by atoms with E-state index in [0.29, 0.717) is 11.8 Å². The van der Waals surface area contributed by atoms with Crippen LogP contribution in [-0.4, -0.2) is 10.6 Å². The van der Waals surface area contributed by atoms with E-state index in [9.17, 15) is 10.1 Å². The van der Waals surface area contributed by atoms with Crippen molar-refractivity contribution in [2.75, 3.05) is 5.43 Å². The van der Waals surface area contributed by atoms with Crippen molar-refractivity contribution in [3.05, 3.63) is 34.4 Å². The van der Waals surface area contributed by atoms with E-state index in [1.807, 2.05) is 0 Å². The predicted octanol–water partition coefficient (Wildman–Crippen LogP) is 3.82. The van der Waals surface area contributed by atoms with Crippen LogP contribution in [0.3, 0.4) is 0 Å². The minimum atomic E-state index is -0.381. The normalized spacial score (nSPS) is 33.0. The Morgan fingerprint density at radius 1 is 1.00 bits per heavy atom. The van der Waals surface area contributed by atoms with Crippen LogP contribution in [0, 0.1) is 33.8 Å². The lowest BCUT2D eigenvalue weighted by molar-refractivity contribution is -0.384. The Morgan fingerprint density at radius 3 is 2.10 bits per heavy atom. The number of rotatable bonds is 3. The number of nitrogens with zero attached hydrogens (tertiary/aromatic N) is 2. The van der Waals surface area contributed by atoms with Crippen LogP contribution in [0.1, 0.15) is 32.1 Å². The summed E-state index contributed by atoms with van der Waals surface area (Å²) >= 11 is 0. The summed E-state index contributed by atoms with van der Waals surface area (Å²) in [4.78, 5) is 10.3. The second-order valence-corrected chi connectivity index (χ2v) is 6.76. The molecule has 0 unspecified atom stereocenters. The van der Waals surface area contributed by atoms with Crippen LogP contribution >= 0.6 is 0 Å². The Morgan fingerprint density at radius 2 is 1.57 bits per heavy atom. The van der Waals surface area contributed by atoms with Gasteiger partial charge < -0.3 is 0 Å². The topological polar surface area (TPSA) is 67.5 Å². The van der Waals surface area contributed by atoms with Gasteiger partial charge in [-0.05, 0) is 67.9 Å². The lowest BCUT2D eigenvalue weighted by atomic mass is 9.55. The highest BCUT2D eigenvalue weighted by atomic mass is 16.6. The number of non-ortho nitro benzene ring substituents is 1. The minimum absolute atomic E-state index is 0.114. The number of nitro benzene ring substituents is 1. The molecular weight excluding hydrogens is 266 g/mol. The average molecular weight is 285 g/mol. The zero-order valence-electron chi connectivity index (χ0n) is 11.9. The Hall–Kier alpha value is -1.91. The van der Waals surface area contributed by atoms with E-state index < -0.39 is 0 Å². The van der Waals surface area contributed by atoms with Crippen LogP contribution in [0.5, 0.6) is 0 Å². The molecule has 0 saturated heterocycles. The first-order chi connectivity index (χ1) is 10.2. The fourth-order valence-electron chi connectivity index (χ4n) is 4.64. The van der Waals surface area contributed by atoms with Gasteiger partial charge >= 0.3 is 0 Å². The molecule has 4 bridgehead atoms. The predicted molar refractivity (Wildman–Crippen MR) is 81.2 cm³/mol. The summed E-state index contributed by atoms with van der Waals surface area (Å²) in [6.45, 7) is 0. The van der Waals surface area contributed by atoms with E-state index in [4.69, 9.17) is 0 Å². The molecule has 0 heterocycles. The smallest absolute Gasteiger partial charge is 0.269 e. The van der Waals surface area contributed by atoms with Crippen molar-refractivity contribution in [1.82, 2.24) is 0 Å². The molecule has 4 aliphatic carbocycles. The molecule has 1 aromatic rings. The van der Waals surface area contributed by atoms with Crippen molar-refractivity contribution < 1.29 is 4.92 Å². The third-order valence-corrected chi connectivity index (χ3v) is 5.37. The molecule has 1 N–H and O–H groups in total. The van der Waals surface area contributed by atoms with Gasteiger partial charge in [-0.25, -0.2) is 0 Å². The molecule has 0 aromatic heterocycles. The van der Waals surface area contributed by atoms with Gasteiger partial charge in [0.2, 0.25) is 0 Å². The van der Waals surface area contributed by atoms with Crippen molar-refractivity contribution in [2.45, 2.75) is 32.1 Å². The van der Waals surface area contributed by atoms with Crippen molar-refractivity contribution in [2.24, 2.45) is 28.8 Å². The molecule has 4 fully saturated rings. The van der Waals surface area contributed by atoms with Crippen molar-refractivity contribution in [3.8, 4) is 0 Å². The SMILES string of the molecule is O=[N+]([O-])c1ccc(NN=C2C3CC4CC(C3)CC2C4)cc1. The van der Waals surface area contributed by atoms with E-state index in [1.165, 1.54) is 49.9 Å². The average Bonchev–Trinajstić information content (AvgIpc) is 2.46. The number of hydrogen-bond acceptors (Lipinski definition) is 4. The Balaban J connectivity index is 1.49. The molecule has 110 valence electrons. The first kappa shape index (κ1) is 12.8. The molecular formula is C16H19N3O2. The van der Waals surface area contributed by atoms with Gasteiger partial charge in [0, 0.05) is 17.8 Å². The zero-order chi connectivity index (χ0) is 14.4. The number of benzene rings is 1. The van der Waals surface area contributed by atoms with E-state index in [1.54, 1.807) is 12.1 Å². The number of nitrogens with one attached hydrogen (secondary N) is 1. The lowest BCUT2D eigenvalue weighted by Gasteiger charge is -2.50. The minimum Gasteiger partial charge on any atom is -0.279 e. The van der Waals surface area contributed by atoms with Crippen LogP contribution in [0.4, 0.5) is 11.4 Å². The number of nitro groups is 1. The van der Waals surface area contributed by atoms with Gasteiger partial charge in [-0.15, -0.1) is 0 Å². The molecule has 5 rings (SSSR count). The van der Waals surface area contributed by atoms with Crippen LogP contribution in [0.15, 0.2) is 29.4 Å². The Bertz CT molecular complexity index is 564. The second kappa shape index (κ2) is 4.83. The van der Waals surface area contributed by atoms with E-state index >= 15 is 0 Å². The summed E-state index contributed by atoms with van der Waals surface area (Å²) in [7, 11) is 0. The molecule has 0 radical (unpaired) electrons. The Labute approximate surface area is 123 Å². The van der Waals surface area contributed by atoms with Crippen LogP contribution in [0.2, 0.25) is 0 Å². The fourth-order valence-corrected chi connectivity index (χ4v) is 4.64. The quantitative estimate of drug-likeness (QED) is 0.678. The lowest BCUT2D eigenvalue weighted by Crippen LogP contribution is -2.45. The highest BCUT2D eigenvalue weighted by Crippen LogP contribution is 2.52. The second-order valence-electron chi connectivity index (χ2n) is 6.76. The van der Waals surface area contributed by atoms with Gasteiger partial charge in [-0.3, -0.25) is 15.5 Å². The molecule has 0 aliphatic heterocycles. The third-order valence-electron chi connectivity index (χ3n) is 5.37. The molecule has 21 heavy (non-hydrogen) atoms. The van der Waals surface area contributed by atoms with Crippen LogP contribution in [0.25, 0.3) is 0 Å². The van der Waals surface area contributed by atoms with Crippen molar-refractivity contribution in [1.29, 1.82) is 0 Å². The monoisotopic (exact) mass is 285 g/mol. The summed E-state index contributed by atoms with van der Waals surface area (Å²) in [6, 6.07) is 6.47. The first-order valence-corrected chi connectivity index (χ1v) is 7.77. The maximum atomic E-state index is 10.6. The molecule has 0 atom stereocenters.